The quantitative estimate of drug-likeness (QED) is 0.762. The fourth-order valence-corrected chi connectivity index (χ4v) is 3.14. The molecule has 1 atom stereocenters. The molecule has 1 aromatic carbocycles. The molecule has 0 aliphatic carbocycles. The SMILES string of the molecule is O=c1c2cc(I)ccc2ncn1CCCC1CCCO1. The van der Waals surface area contributed by atoms with Crippen molar-refractivity contribution in [2.24, 2.45) is 0 Å². The van der Waals surface area contributed by atoms with Gasteiger partial charge in [-0.25, -0.2) is 4.98 Å². The molecule has 1 aliphatic heterocycles. The minimum absolute atomic E-state index is 0.0563. The van der Waals surface area contributed by atoms with Gasteiger partial charge in [-0.15, -0.1) is 0 Å². The Morgan fingerprint density at radius 3 is 3.15 bits per heavy atom. The van der Waals surface area contributed by atoms with Crippen LogP contribution in [0.15, 0.2) is 29.3 Å². The summed E-state index contributed by atoms with van der Waals surface area (Å²) in [7, 11) is 0. The molecule has 1 aliphatic rings. The van der Waals surface area contributed by atoms with Gasteiger partial charge in [-0.1, -0.05) is 0 Å². The van der Waals surface area contributed by atoms with Crippen LogP contribution in [-0.2, 0) is 11.3 Å². The summed E-state index contributed by atoms with van der Waals surface area (Å²) in [6.07, 6.45) is 6.36. The number of aromatic nitrogens is 2. The lowest BCUT2D eigenvalue weighted by molar-refractivity contribution is 0.101. The van der Waals surface area contributed by atoms with E-state index in [0.29, 0.717) is 18.0 Å². The molecule has 0 radical (unpaired) electrons. The van der Waals surface area contributed by atoms with Crippen LogP contribution in [0.2, 0.25) is 0 Å². The Kier molecular flexibility index (Phi) is 4.35. The van der Waals surface area contributed by atoms with Crippen molar-refractivity contribution in [3.8, 4) is 0 Å². The highest BCUT2D eigenvalue weighted by Crippen LogP contribution is 2.17. The molecule has 3 rings (SSSR count). The molecule has 0 bridgehead atoms. The van der Waals surface area contributed by atoms with Crippen LogP contribution in [0.1, 0.15) is 25.7 Å². The van der Waals surface area contributed by atoms with Gasteiger partial charge in [0.25, 0.3) is 5.56 Å². The molecule has 1 fully saturated rings. The van der Waals surface area contributed by atoms with Gasteiger partial charge in [0.2, 0.25) is 0 Å². The minimum Gasteiger partial charge on any atom is -0.378 e. The molecule has 1 unspecified atom stereocenters. The van der Waals surface area contributed by atoms with E-state index in [1.807, 2.05) is 18.2 Å². The summed E-state index contributed by atoms with van der Waals surface area (Å²) >= 11 is 2.22. The normalized spacial score (nSPS) is 18.8. The zero-order chi connectivity index (χ0) is 13.9. The standard InChI is InChI=1S/C15H17IN2O2/c16-11-5-6-14-13(9-11)15(19)18(10-17-14)7-1-3-12-4-2-8-20-12/h5-6,9-10,12H,1-4,7-8H2. The predicted molar refractivity (Wildman–Crippen MR) is 86.9 cm³/mol. The van der Waals surface area contributed by atoms with E-state index in [-0.39, 0.29) is 5.56 Å². The lowest BCUT2D eigenvalue weighted by Crippen LogP contribution is -2.21. The molecule has 1 aromatic heterocycles. The maximum atomic E-state index is 12.4. The number of ether oxygens (including phenoxy) is 1. The molecular weight excluding hydrogens is 367 g/mol. The lowest BCUT2D eigenvalue weighted by Gasteiger charge is -2.10. The first-order valence-corrected chi connectivity index (χ1v) is 8.08. The zero-order valence-corrected chi connectivity index (χ0v) is 13.4. The number of hydrogen-bond donors (Lipinski definition) is 0. The third kappa shape index (κ3) is 3.03. The van der Waals surface area contributed by atoms with Crippen LogP contribution in [-0.4, -0.2) is 22.3 Å². The van der Waals surface area contributed by atoms with E-state index in [1.54, 1.807) is 10.9 Å². The minimum atomic E-state index is 0.0563. The number of aryl methyl sites for hydroxylation is 1. The summed E-state index contributed by atoms with van der Waals surface area (Å²) in [5.41, 5.74) is 0.826. The molecule has 0 spiro atoms. The molecule has 0 saturated carbocycles. The third-order valence-electron chi connectivity index (χ3n) is 3.74. The van der Waals surface area contributed by atoms with Gasteiger partial charge in [-0.3, -0.25) is 9.36 Å². The van der Waals surface area contributed by atoms with E-state index in [0.717, 1.165) is 35.0 Å². The van der Waals surface area contributed by atoms with E-state index < -0.39 is 0 Å². The van der Waals surface area contributed by atoms with Crippen molar-refractivity contribution < 1.29 is 4.74 Å². The smallest absolute Gasteiger partial charge is 0.261 e. The molecule has 2 aromatic rings. The second-order valence-corrected chi connectivity index (χ2v) is 6.43. The average molecular weight is 384 g/mol. The summed E-state index contributed by atoms with van der Waals surface area (Å²) in [5, 5.41) is 0.705. The fraction of sp³-hybridized carbons (Fsp3) is 0.467. The van der Waals surface area contributed by atoms with Crippen molar-refractivity contribution in [1.29, 1.82) is 0 Å². The highest BCUT2D eigenvalue weighted by molar-refractivity contribution is 14.1. The van der Waals surface area contributed by atoms with E-state index in [9.17, 15) is 4.79 Å². The Labute approximate surface area is 131 Å². The summed E-state index contributed by atoms with van der Waals surface area (Å²) < 4.78 is 8.38. The Morgan fingerprint density at radius 1 is 1.45 bits per heavy atom. The summed E-state index contributed by atoms with van der Waals surface area (Å²) in [6, 6.07) is 5.77. The van der Waals surface area contributed by atoms with Crippen LogP contribution in [0.25, 0.3) is 10.9 Å². The summed E-state index contributed by atoms with van der Waals surface area (Å²) in [4.78, 5) is 16.8. The summed E-state index contributed by atoms with van der Waals surface area (Å²) in [6.45, 7) is 1.60. The molecule has 106 valence electrons. The third-order valence-corrected chi connectivity index (χ3v) is 4.41. The number of rotatable bonds is 4. The zero-order valence-electron chi connectivity index (χ0n) is 11.2. The van der Waals surface area contributed by atoms with Gasteiger partial charge in [0.15, 0.2) is 0 Å². The van der Waals surface area contributed by atoms with Crippen molar-refractivity contribution in [2.75, 3.05) is 6.61 Å². The van der Waals surface area contributed by atoms with Crippen LogP contribution in [0, 0.1) is 3.57 Å². The first-order chi connectivity index (χ1) is 9.74. The molecule has 1 saturated heterocycles. The van der Waals surface area contributed by atoms with Crippen LogP contribution >= 0.6 is 22.6 Å². The van der Waals surface area contributed by atoms with E-state index >= 15 is 0 Å². The van der Waals surface area contributed by atoms with E-state index in [4.69, 9.17) is 4.74 Å². The fourth-order valence-electron chi connectivity index (χ4n) is 2.65. The van der Waals surface area contributed by atoms with Crippen molar-refractivity contribution in [3.05, 3.63) is 38.5 Å². The number of hydrogen-bond acceptors (Lipinski definition) is 3. The molecule has 2 heterocycles. The van der Waals surface area contributed by atoms with Crippen LogP contribution < -0.4 is 5.56 Å². The summed E-state index contributed by atoms with van der Waals surface area (Å²) in [5.74, 6) is 0. The second kappa shape index (κ2) is 6.22. The molecule has 4 nitrogen and oxygen atoms in total. The number of fused-ring (bicyclic) bond motifs is 1. The Balaban J connectivity index is 1.74. The van der Waals surface area contributed by atoms with Gasteiger partial charge >= 0.3 is 0 Å². The van der Waals surface area contributed by atoms with Crippen LogP contribution in [0.4, 0.5) is 0 Å². The van der Waals surface area contributed by atoms with E-state index in [2.05, 4.69) is 27.6 Å². The molecular formula is C15H17IN2O2. The first kappa shape index (κ1) is 14.0. The Hall–Kier alpha value is -0.950. The van der Waals surface area contributed by atoms with E-state index in [1.165, 1.54) is 6.42 Å². The van der Waals surface area contributed by atoms with Gasteiger partial charge in [0, 0.05) is 16.7 Å². The lowest BCUT2D eigenvalue weighted by atomic mass is 10.1. The second-order valence-electron chi connectivity index (χ2n) is 5.18. The number of nitrogens with zero attached hydrogens (tertiary/aromatic N) is 2. The average Bonchev–Trinajstić information content (AvgIpc) is 2.95. The van der Waals surface area contributed by atoms with Gasteiger partial charge in [-0.05, 0) is 66.5 Å². The van der Waals surface area contributed by atoms with Crippen molar-refractivity contribution in [2.45, 2.75) is 38.3 Å². The van der Waals surface area contributed by atoms with Crippen molar-refractivity contribution in [3.63, 3.8) is 0 Å². The number of halogens is 1. The molecule has 20 heavy (non-hydrogen) atoms. The maximum Gasteiger partial charge on any atom is 0.261 e. The molecule has 0 amide bonds. The Morgan fingerprint density at radius 2 is 2.35 bits per heavy atom. The van der Waals surface area contributed by atoms with Crippen LogP contribution in [0.5, 0.6) is 0 Å². The molecule has 5 heteroatoms. The Bertz CT molecular complexity index is 662. The van der Waals surface area contributed by atoms with Crippen LogP contribution in [0.3, 0.4) is 0 Å². The maximum absolute atomic E-state index is 12.4. The first-order valence-electron chi connectivity index (χ1n) is 7.00. The van der Waals surface area contributed by atoms with Gasteiger partial charge in [-0.2, -0.15) is 0 Å². The largest absolute Gasteiger partial charge is 0.378 e. The highest BCUT2D eigenvalue weighted by Gasteiger charge is 2.14. The predicted octanol–water partition coefficient (Wildman–Crippen LogP) is 2.96. The van der Waals surface area contributed by atoms with Crippen molar-refractivity contribution >= 4 is 33.5 Å². The number of benzene rings is 1. The monoisotopic (exact) mass is 384 g/mol. The molecule has 0 N–H and O–H groups in total. The van der Waals surface area contributed by atoms with Gasteiger partial charge in [0.1, 0.15) is 0 Å². The topological polar surface area (TPSA) is 44.1 Å². The van der Waals surface area contributed by atoms with Gasteiger partial charge in [0.05, 0.1) is 23.3 Å². The highest BCUT2D eigenvalue weighted by atomic mass is 127. The van der Waals surface area contributed by atoms with Gasteiger partial charge < -0.3 is 4.74 Å². The van der Waals surface area contributed by atoms with Crippen molar-refractivity contribution in [1.82, 2.24) is 9.55 Å².